The molecule has 1 aromatic carbocycles. The number of hydrogen-bond donors (Lipinski definition) is 0. The van der Waals surface area contributed by atoms with Gasteiger partial charge in [-0.3, -0.25) is 4.68 Å². The summed E-state index contributed by atoms with van der Waals surface area (Å²) in [7, 11) is 1.83. The molecule has 1 heterocycles. The first-order valence-electron chi connectivity index (χ1n) is 4.40. The lowest BCUT2D eigenvalue weighted by Crippen LogP contribution is -1.89. The Labute approximate surface area is 92.5 Å². The minimum Gasteiger partial charge on any atom is -0.275 e. The molecule has 0 aliphatic carbocycles. The third-order valence-corrected chi connectivity index (χ3v) is 2.33. The lowest BCUT2D eigenvalue weighted by atomic mass is 10.1. The van der Waals surface area contributed by atoms with Crippen LogP contribution in [0.4, 0.5) is 0 Å². The molecule has 3 nitrogen and oxygen atoms in total. The molecule has 0 amide bonds. The lowest BCUT2D eigenvalue weighted by molar-refractivity contribution is 0.771. The summed E-state index contributed by atoms with van der Waals surface area (Å²) in [5, 5.41) is 13.8. The molecule has 4 heteroatoms. The molecule has 1 aromatic heterocycles. The zero-order valence-corrected chi connectivity index (χ0v) is 8.86. The van der Waals surface area contributed by atoms with Crippen LogP contribution in [0.2, 0.25) is 5.02 Å². The molecular weight excluding hydrogens is 210 g/mol. The van der Waals surface area contributed by atoms with E-state index in [0.29, 0.717) is 10.6 Å². The predicted octanol–water partition coefficient (Wildman–Crippen LogP) is 2.61. The Balaban J connectivity index is 2.61. The fraction of sp³-hybridized carbons (Fsp3) is 0.0909. The van der Waals surface area contributed by atoms with E-state index >= 15 is 0 Å². The van der Waals surface area contributed by atoms with E-state index in [4.69, 9.17) is 16.9 Å². The smallest absolute Gasteiger partial charge is 0.0998 e. The van der Waals surface area contributed by atoms with Crippen LogP contribution < -0.4 is 0 Å². The summed E-state index contributed by atoms with van der Waals surface area (Å²) in [5.74, 6) is 0. The molecule has 0 spiro atoms. The van der Waals surface area contributed by atoms with Gasteiger partial charge in [0.05, 0.1) is 17.3 Å². The van der Waals surface area contributed by atoms with E-state index in [0.717, 1.165) is 11.3 Å². The molecule has 0 N–H and O–H groups in total. The van der Waals surface area contributed by atoms with Crippen LogP contribution in [0.25, 0.3) is 11.3 Å². The van der Waals surface area contributed by atoms with Crippen molar-refractivity contribution < 1.29 is 0 Å². The standard InChI is InChI=1S/C11H8ClN3/c1-15-5-4-11(14-15)10-6-9(12)3-2-8(10)7-13/h2-6H,1H3. The van der Waals surface area contributed by atoms with Gasteiger partial charge in [-0.1, -0.05) is 11.6 Å². The maximum atomic E-state index is 8.95. The van der Waals surface area contributed by atoms with Gasteiger partial charge in [0.25, 0.3) is 0 Å². The summed E-state index contributed by atoms with van der Waals surface area (Å²) in [4.78, 5) is 0. The predicted molar refractivity (Wildman–Crippen MR) is 58.4 cm³/mol. The van der Waals surface area contributed by atoms with Crippen LogP contribution in [0, 0.1) is 11.3 Å². The van der Waals surface area contributed by atoms with E-state index in [-0.39, 0.29) is 0 Å². The molecule has 0 unspecified atom stereocenters. The van der Waals surface area contributed by atoms with Crippen LogP contribution in [-0.2, 0) is 7.05 Å². The second-order valence-electron chi connectivity index (χ2n) is 3.18. The number of hydrogen-bond acceptors (Lipinski definition) is 2. The first kappa shape index (κ1) is 9.75. The Morgan fingerprint density at radius 1 is 1.40 bits per heavy atom. The number of nitriles is 1. The van der Waals surface area contributed by atoms with Gasteiger partial charge in [0.1, 0.15) is 0 Å². The summed E-state index contributed by atoms with van der Waals surface area (Å²) in [6.07, 6.45) is 1.83. The lowest BCUT2D eigenvalue weighted by Gasteiger charge is -2.00. The molecule has 2 rings (SSSR count). The number of halogens is 1. The molecule has 0 fully saturated rings. The van der Waals surface area contributed by atoms with E-state index in [2.05, 4.69) is 11.2 Å². The van der Waals surface area contributed by atoms with Crippen molar-refractivity contribution in [2.45, 2.75) is 0 Å². The van der Waals surface area contributed by atoms with Crippen molar-refractivity contribution in [1.29, 1.82) is 5.26 Å². The second kappa shape index (κ2) is 3.76. The Kier molecular flexibility index (Phi) is 2.44. The topological polar surface area (TPSA) is 41.6 Å². The first-order valence-corrected chi connectivity index (χ1v) is 4.78. The summed E-state index contributed by atoms with van der Waals surface area (Å²) in [6.45, 7) is 0. The minimum atomic E-state index is 0.582. The highest BCUT2D eigenvalue weighted by Crippen LogP contribution is 2.24. The summed E-state index contributed by atoms with van der Waals surface area (Å²) in [5.41, 5.74) is 2.11. The highest BCUT2D eigenvalue weighted by molar-refractivity contribution is 6.30. The average molecular weight is 218 g/mol. The van der Waals surface area contributed by atoms with Gasteiger partial charge in [-0.2, -0.15) is 10.4 Å². The van der Waals surface area contributed by atoms with Crippen LogP contribution >= 0.6 is 11.6 Å². The van der Waals surface area contributed by atoms with Crippen molar-refractivity contribution in [3.8, 4) is 17.3 Å². The number of nitrogens with zero attached hydrogens (tertiary/aromatic N) is 3. The van der Waals surface area contributed by atoms with Crippen molar-refractivity contribution in [2.75, 3.05) is 0 Å². The summed E-state index contributed by atoms with van der Waals surface area (Å²) in [6, 6.07) is 9.13. The Morgan fingerprint density at radius 3 is 2.80 bits per heavy atom. The largest absolute Gasteiger partial charge is 0.275 e. The van der Waals surface area contributed by atoms with Crippen LogP contribution in [0.1, 0.15) is 5.56 Å². The monoisotopic (exact) mass is 217 g/mol. The first-order chi connectivity index (χ1) is 7.20. The molecule has 74 valence electrons. The Hall–Kier alpha value is -1.79. The van der Waals surface area contributed by atoms with E-state index in [9.17, 15) is 0 Å². The molecule has 0 saturated heterocycles. The molecule has 0 aliphatic heterocycles. The van der Waals surface area contributed by atoms with Crippen molar-refractivity contribution in [1.82, 2.24) is 9.78 Å². The Bertz CT molecular complexity index is 537. The van der Waals surface area contributed by atoms with E-state index < -0.39 is 0 Å². The normalized spacial score (nSPS) is 9.93. The van der Waals surface area contributed by atoms with E-state index in [1.165, 1.54) is 0 Å². The zero-order chi connectivity index (χ0) is 10.8. The van der Waals surface area contributed by atoms with Gasteiger partial charge < -0.3 is 0 Å². The van der Waals surface area contributed by atoms with Crippen LogP contribution in [-0.4, -0.2) is 9.78 Å². The Morgan fingerprint density at radius 2 is 2.20 bits per heavy atom. The fourth-order valence-corrected chi connectivity index (χ4v) is 1.56. The van der Waals surface area contributed by atoms with Crippen molar-refractivity contribution >= 4 is 11.6 Å². The number of aromatic nitrogens is 2. The van der Waals surface area contributed by atoms with Crippen LogP contribution in [0.15, 0.2) is 30.5 Å². The number of aryl methyl sites for hydroxylation is 1. The van der Waals surface area contributed by atoms with Crippen molar-refractivity contribution in [3.05, 3.63) is 41.0 Å². The van der Waals surface area contributed by atoms with Gasteiger partial charge in [0.2, 0.25) is 0 Å². The molecule has 0 aliphatic rings. The highest BCUT2D eigenvalue weighted by Gasteiger charge is 2.07. The number of rotatable bonds is 1. The van der Waals surface area contributed by atoms with Gasteiger partial charge >= 0.3 is 0 Å². The molecule has 0 atom stereocenters. The fourth-order valence-electron chi connectivity index (χ4n) is 1.38. The quantitative estimate of drug-likeness (QED) is 0.737. The number of benzene rings is 1. The SMILES string of the molecule is Cn1ccc(-c2cc(Cl)ccc2C#N)n1. The van der Waals surface area contributed by atoms with E-state index in [1.54, 1.807) is 22.9 Å². The van der Waals surface area contributed by atoms with Crippen molar-refractivity contribution in [3.63, 3.8) is 0 Å². The van der Waals surface area contributed by atoms with Gasteiger partial charge in [0, 0.05) is 23.8 Å². The van der Waals surface area contributed by atoms with Gasteiger partial charge in [-0.15, -0.1) is 0 Å². The van der Waals surface area contributed by atoms with Gasteiger partial charge in [-0.05, 0) is 24.3 Å². The maximum absolute atomic E-state index is 8.95. The summed E-state index contributed by atoms with van der Waals surface area (Å²) >= 11 is 5.89. The average Bonchev–Trinajstić information content (AvgIpc) is 2.65. The van der Waals surface area contributed by atoms with Crippen LogP contribution in [0.3, 0.4) is 0 Å². The second-order valence-corrected chi connectivity index (χ2v) is 3.61. The highest BCUT2D eigenvalue weighted by atomic mass is 35.5. The minimum absolute atomic E-state index is 0.582. The third-order valence-electron chi connectivity index (χ3n) is 2.09. The molecule has 2 aromatic rings. The van der Waals surface area contributed by atoms with Crippen molar-refractivity contribution in [2.24, 2.45) is 7.05 Å². The summed E-state index contributed by atoms with van der Waals surface area (Å²) < 4.78 is 1.69. The zero-order valence-electron chi connectivity index (χ0n) is 8.11. The molecule has 0 bridgehead atoms. The molecule has 0 radical (unpaired) electrons. The van der Waals surface area contributed by atoms with Gasteiger partial charge in [-0.25, -0.2) is 0 Å². The maximum Gasteiger partial charge on any atom is 0.0998 e. The van der Waals surface area contributed by atoms with Gasteiger partial charge in [0.15, 0.2) is 0 Å². The molecular formula is C11H8ClN3. The van der Waals surface area contributed by atoms with E-state index in [1.807, 2.05) is 19.3 Å². The molecule has 0 saturated carbocycles. The third kappa shape index (κ3) is 1.85. The van der Waals surface area contributed by atoms with Crippen LogP contribution in [0.5, 0.6) is 0 Å². The molecule has 15 heavy (non-hydrogen) atoms.